The molecule has 14 rings (SSSR count). The highest BCUT2D eigenvalue weighted by Gasteiger charge is 2.63. The van der Waals surface area contributed by atoms with Gasteiger partial charge in [-0.25, -0.2) is 0 Å². The zero-order valence-electron chi connectivity index (χ0n) is 33.8. The molecule has 5 unspecified atom stereocenters. The van der Waals surface area contributed by atoms with Crippen LogP contribution in [0.2, 0.25) is 0 Å². The first kappa shape index (κ1) is 34.3. The van der Waals surface area contributed by atoms with E-state index >= 15 is 0 Å². The Labute approximate surface area is 359 Å². The van der Waals surface area contributed by atoms with Crippen molar-refractivity contribution in [3.8, 4) is 11.1 Å². The lowest BCUT2D eigenvalue weighted by Gasteiger charge is -2.42. The Morgan fingerprint density at radius 2 is 1.23 bits per heavy atom. The number of fused-ring (bicyclic) bond motifs is 13. The molecule has 2 fully saturated rings. The fourth-order valence-electron chi connectivity index (χ4n) is 12.5. The molecule has 1 heterocycles. The van der Waals surface area contributed by atoms with Crippen LogP contribution in [-0.4, -0.2) is 11.3 Å². The Hall–Kier alpha value is -6.48. The van der Waals surface area contributed by atoms with Gasteiger partial charge in [0, 0.05) is 36.6 Å². The molecular formula is C59H43NS. The largest absolute Gasteiger partial charge is 0.272 e. The monoisotopic (exact) mass is 797 g/mol. The SMILES string of the molecule is C1=CC2CC23N=C(c2ccc(S(c4ccccc4)(c4ccccc4)c4ccccc4)cc2)c2ccc4c(c2C3=C1)-c1ccccc1C41C2=C(C=CCC=C2)C2=C1C1CC1C=C2. The molecule has 1 nitrogen and oxygen atoms in total. The number of hydrogen-bond acceptors (Lipinski definition) is 1. The molecule has 290 valence electrons. The van der Waals surface area contributed by atoms with Crippen molar-refractivity contribution in [1.29, 1.82) is 0 Å². The maximum atomic E-state index is 5.88. The van der Waals surface area contributed by atoms with E-state index in [1.54, 1.807) is 5.57 Å². The maximum absolute atomic E-state index is 5.88. The number of nitrogens with zero attached hydrogens (tertiary/aromatic N) is 1. The van der Waals surface area contributed by atoms with Gasteiger partial charge in [0.15, 0.2) is 0 Å². The average molecular weight is 798 g/mol. The molecule has 61 heavy (non-hydrogen) atoms. The lowest BCUT2D eigenvalue weighted by Crippen LogP contribution is -2.30. The van der Waals surface area contributed by atoms with Crippen molar-refractivity contribution >= 4 is 21.3 Å². The van der Waals surface area contributed by atoms with Gasteiger partial charge < -0.3 is 0 Å². The van der Waals surface area contributed by atoms with Gasteiger partial charge in [-0.3, -0.25) is 4.99 Å². The highest BCUT2D eigenvalue weighted by molar-refractivity contribution is 8.34. The van der Waals surface area contributed by atoms with Crippen LogP contribution in [-0.2, 0) is 5.41 Å². The van der Waals surface area contributed by atoms with Crippen molar-refractivity contribution in [3.05, 3.63) is 256 Å². The molecule has 6 aromatic rings. The van der Waals surface area contributed by atoms with Crippen LogP contribution in [0, 0.1) is 17.8 Å². The van der Waals surface area contributed by atoms with Crippen LogP contribution in [0.25, 0.3) is 16.7 Å². The summed E-state index contributed by atoms with van der Waals surface area (Å²) in [5.41, 5.74) is 17.6. The number of aliphatic imine (C=N–C) groups is 1. The van der Waals surface area contributed by atoms with E-state index in [0.29, 0.717) is 17.8 Å². The van der Waals surface area contributed by atoms with Gasteiger partial charge in [-0.2, -0.15) is 0 Å². The third-order valence-corrected chi connectivity index (χ3v) is 19.0. The molecule has 0 aromatic heterocycles. The summed E-state index contributed by atoms with van der Waals surface area (Å²) < 4.78 is 0. The van der Waals surface area contributed by atoms with Crippen molar-refractivity contribution in [3.63, 3.8) is 0 Å². The second-order valence-electron chi connectivity index (χ2n) is 18.0. The number of benzene rings is 6. The second-order valence-corrected chi connectivity index (χ2v) is 21.1. The molecule has 8 aliphatic rings. The summed E-state index contributed by atoms with van der Waals surface area (Å²) in [6.45, 7) is 0. The average Bonchev–Trinajstić information content (AvgIpc) is 4.24. The highest BCUT2D eigenvalue weighted by atomic mass is 32.3. The normalized spacial score (nSPS) is 26.5. The van der Waals surface area contributed by atoms with E-state index in [2.05, 4.69) is 206 Å². The summed E-state index contributed by atoms with van der Waals surface area (Å²) >= 11 is 0. The molecule has 2 saturated carbocycles. The summed E-state index contributed by atoms with van der Waals surface area (Å²) in [5, 5.41) is 0. The highest BCUT2D eigenvalue weighted by Crippen LogP contribution is 2.74. The summed E-state index contributed by atoms with van der Waals surface area (Å²) in [5.74, 6) is 1.66. The molecule has 0 saturated heterocycles. The minimum atomic E-state index is -1.80. The van der Waals surface area contributed by atoms with E-state index < -0.39 is 10.0 Å². The zero-order valence-corrected chi connectivity index (χ0v) is 34.7. The molecule has 0 radical (unpaired) electrons. The van der Waals surface area contributed by atoms with E-state index in [0.717, 1.165) is 18.6 Å². The summed E-state index contributed by atoms with van der Waals surface area (Å²) in [4.78, 5) is 11.2. The van der Waals surface area contributed by atoms with E-state index in [1.165, 1.54) is 87.2 Å². The van der Waals surface area contributed by atoms with Crippen LogP contribution in [0.1, 0.15) is 47.1 Å². The van der Waals surface area contributed by atoms with Gasteiger partial charge in [0.1, 0.15) is 0 Å². The van der Waals surface area contributed by atoms with Gasteiger partial charge in [-0.15, -0.1) is 10.0 Å². The number of rotatable bonds is 5. The molecule has 5 atom stereocenters. The van der Waals surface area contributed by atoms with E-state index in [9.17, 15) is 0 Å². The lowest BCUT2D eigenvalue weighted by molar-refractivity contribution is 0.680. The molecular weight excluding hydrogens is 755 g/mol. The van der Waals surface area contributed by atoms with Gasteiger partial charge in [-0.05, 0) is 135 Å². The molecule has 1 aliphatic heterocycles. The summed E-state index contributed by atoms with van der Waals surface area (Å²) in [6, 6.07) is 57.5. The van der Waals surface area contributed by atoms with Crippen molar-refractivity contribution in [2.24, 2.45) is 22.7 Å². The van der Waals surface area contributed by atoms with Crippen LogP contribution in [0.3, 0.4) is 0 Å². The topological polar surface area (TPSA) is 12.4 Å². The summed E-state index contributed by atoms with van der Waals surface area (Å²) in [6.07, 6.45) is 25.1. The van der Waals surface area contributed by atoms with Gasteiger partial charge >= 0.3 is 0 Å². The van der Waals surface area contributed by atoms with E-state index in [4.69, 9.17) is 4.99 Å². The van der Waals surface area contributed by atoms with Crippen LogP contribution < -0.4 is 0 Å². The molecule has 2 spiro atoms. The zero-order chi connectivity index (χ0) is 39.9. The maximum Gasteiger partial charge on any atom is 0.0940 e. The Morgan fingerprint density at radius 3 is 1.97 bits per heavy atom. The van der Waals surface area contributed by atoms with Crippen molar-refractivity contribution in [2.75, 3.05) is 0 Å². The molecule has 2 heteroatoms. The van der Waals surface area contributed by atoms with Crippen LogP contribution >= 0.6 is 10.0 Å². The molecule has 0 N–H and O–H groups in total. The molecule has 0 bridgehead atoms. The molecule has 6 aromatic carbocycles. The number of allylic oxidation sites excluding steroid dienone is 12. The first-order valence-electron chi connectivity index (χ1n) is 22.1. The van der Waals surface area contributed by atoms with Crippen LogP contribution in [0.4, 0.5) is 0 Å². The predicted molar refractivity (Wildman–Crippen MR) is 250 cm³/mol. The Morgan fingerprint density at radius 1 is 0.557 bits per heavy atom. The quantitative estimate of drug-likeness (QED) is 0.165. The smallest absolute Gasteiger partial charge is 0.0940 e. The predicted octanol–water partition coefficient (Wildman–Crippen LogP) is 14.2. The van der Waals surface area contributed by atoms with Gasteiger partial charge in [-0.1, -0.05) is 158 Å². The summed E-state index contributed by atoms with van der Waals surface area (Å²) in [7, 11) is -1.80. The minimum absolute atomic E-state index is 0.229. The van der Waals surface area contributed by atoms with Gasteiger partial charge in [0.05, 0.1) is 16.7 Å². The van der Waals surface area contributed by atoms with Crippen molar-refractivity contribution in [2.45, 2.75) is 49.8 Å². The van der Waals surface area contributed by atoms with Crippen molar-refractivity contribution < 1.29 is 0 Å². The Kier molecular flexibility index (Phi) is 6.91. The Bertz CT molecular complexity index is 3060. The standard InChI is InChI=1S/C59H43NS/c1-5-17-41(18-6-1)61(42-19-7-2-8-20-42,43-21-9-3-10-22-43)44-31-28-38(29-32-44)57-48-34-35-53-54(55(48)52-27-15-16-40-37-58(40,52)60-57)47-24-13-14-26-51(47)59(53)50-25-12-4-11-23-45(50)46-33-30-39-36-49(39)56(46)59/h1-3,5-35,39-40,49H,4,36-37H2. The van der Waals surface area contributed by atoms with E-state index in [-0.39, 0.29) is 11.0 Å². The fraction of sp³-hybridized carbons (Fsp3) is 0.136. The number of hydrogen-bond donors (Lipinski definition) is 0. The van der Waals surface area contributed by atoms with E-state index in [1.807, 2.05) is 0 Å². The molecule has 0 amide bonds. The van der Waals surface area contributed by atoms with Crippen LogP contribution in [0.15, 0.2) is 253 Å². The van der Waals surface area contributed by atoms with Crippen molar-refractivity contribution in [1.82, 2.24) is 0 Å². The Balaban J connectivity index is 0.998. The third kappa shape index (κ3) is 4.36. The third-order valence-electron chi connectivity index (χ3n) is 15.1. The second kappa shape index (κ2) is 12.3. The fourth-order valence-corrected chi connectivity index (χ4v) is 16.3. The van der Waals surface area contributed by atoms with Gasteiger partial charge in [0.25, 0.3) is 0 Å². The van der Waals surface area contributed by atoms with Gasteiger partial charge in [0.2, 0.25) is 0 Å². The first-order valence-corrected chi connectivity index (χ1v) is 23.7. The minimum Gasteiger partial charge on any atom is -0.272 e. The molecule has 7 aliphatic carbocycles. The lowest BCUT2D eigenvalue weighted by atomic mass is 9.66. The first-order chi connectivity index (χ1) is 30.2. The van der Waals surface area contributed by atoms with Crippen LogP contribution in [0.5, 0.6) is 0 Å².